The number of hydrogen-bond acceptors (Lipinski definition) is 4. The van der Waals surface area contributed by atoms with E-state index in [4.69, 9.17) is 11.6 Å². The summed E-state index contributed by atoms with van der Waals surface area (Å²) >= 11 is 7.18. The molecule has 0 bridgehead atoms. The number of benzene rings is 3. The van der Waals surface area contributed by atoms with Gasteiger partial charge in [0.2, 0.25) is 11.8 Å². The van der Waals surface area contributed by atoms with Crippen LogP contribution < -0.4 is 10.2 Å². The largest absolute Gasteiger partial charge is 0.325 e. The topological polar surface area (TPSA) is 61.8 Å². The summed E-state index contributed by atoms with van der Waals surface area (Å²) in [6, 6.07) is 25.6. The first kappa shape index (κ1) is 20.2. The fourth-order valence-corrected chi connectivity index (χ4v) is 4.24. The van der Waals surface area contributed by atoms with Gasteiger partial charge in [-0.3, -0.25) is 14.5 Å². The molecular formula is C23H18ClN3O2S. The van der Waals surface area contributed by atoms with E-state index in [-0.39, 0.29) is 18.2 Å². The van der Waals surface area contributed by atoms with E-state index < -0.39 is 5.25 Å². The molecule has 1 aliphatic heterocycles. The van der Waals surface area contributed by atoms with Crippen molar-refractivity contribution in [3.05, 3.63) is 90.0 Å². The molecular weight excluding hydrogens is 418 g/mol. The molecule has 0 radical (unpaired) electrons. The maximum Gasteiger partial charge on any atom is 0.238 e. The van der Waals surface area contributed by atoms with Crippen LogP contribution in [0.2, 0.25) is 5.02 Å². The van der Waals surface area contributed by atoms with Crippen molar-refractivity contribution in [3.63, 3.8) is 0 Å². The Labute approximate surface area is 183 Å². The lowest BCUT2D eigenvalue weighted by Gasteiger charge is -2.31. The average molecular weight is 436 g/mol. The van der Waals surface area contributed by atoms with Crippen molar-refractivity contribution in [1.29, 1.82) is 0 Å². The van der Waals surface area contributed by atoms with Crippen LogP contribution in [0.1, 0.15) is 6.42 Å². The van der Waals surface area contributed by atoms with Crippen LogP contribution in [0.4, 0.5) is 17.1 Å². The number of halogens is 1. The monoisotopic (exact) mass is 435 g/mol. The van der Waals surface area contributed by atoms with Crippen LogP contribution in [-0.2, 0) is 9.59 Å². The van der Waals surface area contributed by atoms with Gasteiger partial charge in [0, 0.05) is 17.1 Å². The van der Waals surface area contributed by atoms with Crippen molar-refractivity contribution in [2.24, 2.45) is 4.99 Å². The van der Waals surface area contributed by atoms with Crippen LogP contribution in [0, 0.1) is 0 Å². The normalized spacial score (nSPS) is 17.8. The van der Waals surface area contributed by atoms with Crippen LogP contribution in [0.15, 0.2) is 89.9 Å². The first-order chi connectivity index (χ1) is 14.6. The summed E-state index contributed by atoms with van der Waals surface area (Å²) < 4.78 is 0. The second-order valence-electron chi connectivity index (χ2n) is 6.60. The van der Waals surface area contributed by atoms with E-state index in [1.54, 1.807) is 29.2 Å². The smallest absolute Gasteiger partial charge is 0.238 e. The van der Waals surface area contributed by atoms with Crippen molar-refractivity contribution in [2.75, 3.05) is 10.2 Å². The Morgan fingerprint density at radius 3 is 2.27 bits per heavy atom. The Bertz CT molecular complexity index is 1070. The molecule has 1 fully saturated rings. The number of carbonyl (C=O) groups is 2. The van der Waals surface area contributed by atoms with Crippen molar-refractivity contribution in [1.82, 2.24) is 0 Å². The Kier molecular flexibility index (Phi) is 6.16. The Morgan fingerprint density at radius 1 is 0.967 bits per heavy atom. The van der Waals surface area contributed by atoms with Gasteiger partial charge in [-0.2, -0.15) is 0 Å². The molecule has 1 atom stereocenters. The molecule has 150 valence electrons. The van der Waals surface area contributed by atoms with Crippen molar-refractivity contribution in [2.45, 2.75) is 11.7 Å². The predicted molar refractivity (Wildman–Crippen MR) is 124 cm³/mol. The molecule has 5 nitrogen and oxygen atoms in total. The van der Waals surface area contributed by atoms with Crippen molar-refractivity contribution >= 4 is 57.4 Å². The standard InChI is InChI=1S/C23H18ClN3O2S/c24-16-11-13-18(14-12-16)25-22(29)20-15-21(28)27(19-9-5-2-6-10-19)23(30-20)26-17-7-3-1-4-8-17/h1-14,20H,15H2,(H,25,29)/t20-/m0/s1. The number of thioether (sulfide) groups is 1. The van der Waals surface area contributed by atoms with Gasteiger partial charge in [-0.25, -0.2) is 4.99 Å². The highest BCUT2D eigenvalue weighted by Gasteiger charge is 2.36. The second-order valence-corrected chi connectivity index (χ2v) is 8.21. The number of nitrogens with one attached hydrogen (secondary N) is 1. The molecule has 30 heavy (non-hydrogen) atoms. The van der Waals surface area contributed by atoms with Crippen molar-refractivity contribution < 1.29 is 9.59 Å². The van der Waals surface area contributed by atoms with Crippen LogP contribution >= 0.6 is 23.4 Å². The molecule has 1 saturated heterocycles. The van der Waals surface area contributed by atoms with Gasteiger partial charge in [-0.15, -0.1) is 0 Å². The van der Waals surface area contributed by atoms with Crippen LogP contribution in [0.3, 0.4) is 0 Å². The molecule has 4 rings (SSSR count). The summed E-state index contributed by atoms with van der Waals surface area (Å²) in [6.07, 6.45) is 0.0762. The molecule has 7 heteroatoms. The van der Waals surface area contributed by atoms with Crippen molar-refractivity contribution in [3.8, 4) is 0 Å². The zero-order valence-electron chi connectivity index (χ0n) is 15.9. The highest BCUT2D eigenvalue weighted by atomic mass is 35.5. The zero-order valence-corrected chi connectivity index (χ0v) is 17.4. The molecule has 0 saturated carbocycles. The lowest BCUT2D eigenvalue weighted by molar-refractivity contribution is -0.121. The third kappa shape index (κ3) is 4.72. The third-order valence-corrected chi connectivity index (χ3v) is 5.85. The Hall–Kier alpha value is -3.09. The summed E-state index contributed by atoms with van der Waals surface area (Å²) in [5.41, 5.74) is 2.07. The molecule has 0 aliphatic carbocycles. The third-order valence-electron chi connectivity index (χ3n) is 4.45. The first-order valence-corrected chi connectivity index (χ1v) is 10.6. The SMILES string of the molecule is O=C(Nc1ccc(Cl)cc1)[C@@H]1CC(=O)N(c2ccccc2)C(=Nc2ccccc2)S1. The average Bonchev–Trinajstić information content (AvgIpc) is 2.76. The molecule has 1 aliphatic rings. The number of rotatable bonds is 4. The highest BCUT2D eigenvalue weighted by molar-refractivity contribution is 8.15. The Morgan fingerprint density at radius 2 is 1.60 bits per heavy atom. The molecule has 2 amide bonds. The van der Waals surface area contributed by atoms with Gasteiger partial charge in [0.25, 0.3) is 0 Å². The van der Waals surface area contributed by atoms with Crippen LogP contribution in [0.5, 0.6) is 0 Å². The minimum Gasteiger partial charge on any atom is -0.325 e. The number of hydrogen-bond donors (Lipinski definition) is 1. The molecule has 1 heterocycles. The first-order valence-electron chi connectivity index (χ1n) is 9.35. The van der Waals surface area contributed by atoms with Gasteiger partial charge in [0.15, 0.2) is 5.17 Å². The van der Waals surface area contributed by atoms with Gasteiger partial charge < -0.3 is 5.32 Å². The van der Waals surface area contributed by atoms with E-state index in [9.17, 15) is 9.59 Å². The van der Waals surface area contributed by atoms with Gasteiger partial charge in [0.1, 0.15) is 5.25 Å². The molecule has 1 N–H and O–H groups in total. The number of anilines is 2. The number of nitrogens with zero attached hydrogens (tertiary/aromatic N) is 2. The molecule has 0 spiro atoms. The fraction of sp³-hybridized carbons (Fsp3) is 0.0870. The van der Waals surface area contributed by atoms with E-state index in [0.29, 0.717) is 21.6 Å². The van der Waals surface area contributed by atoms with E-state index in [0.717, 1.165) is 5.69 Å². The zero-order chi connectivity index (χ0) is 20.9. The van der Waals surface area contributed by atoms with Gasteiger partial charge in [0.05, 0.1) is 11.4 Å². The highest BCUT2D eigenvalue weighted by Crippen LogP contribution is 2.33. The summed E-state index contributed by atoms with van der Waals surface area (Å²) in [5.74, 6) is -0.421. The molecule has 0 unspecified atom stereocenters. The Balaban J connectivity index is 1.62. The molecule has 0 aromatic heterocycles. The second kappa shape index (κ2) is 9.15. The van der Waals surface area contributed by atoms with E-state index in [1.807, 2.05) is 60.7 Å². The number of para-hydroxylation sites is 2. The lowest BCUT2D eigenvalue weighted by Crippen LogP contribution is -2.45. The van der Waals surface area contributed by atoms with E-state index in [1.165, 1.54) is 11.8 Å². The summed E-state index contributed by atoms with van der Waals surface area (Å²) in [4.78, 5) is 32.1. The minimum atomic E-state index is -0.587. The lowest BCUT2D eigenvalue weighted by atomic mass is 10.2. The molecule has 3 aromatic rings. The number of aliphatic imine (C=N–C) groups is 1. The van der Waals surface area contributed by atoms with Crippen LogP contribution in [-0.4, -0.2) is 22.2 Å². The van der Waals surface area contributed by atoms with E-state index in [2.05, 4.69) is 10.3 Å². The minimum absolute atomic E-state index is 0.0762. The number of carbonyl (C=O) groups excluding carboxylic acids is 2. The maximum absolute atomic E-state index is 13.0. The predicted octanol–water partition coefficient (Wildman–Crippen LogP) is 5.50. The van der Waals surface area contributed by atoms with E-state index >= 15 is 0 Å². The van der Waals surface area contributed by atoms with Crippen LogP contribution in [0.25, 0.3) is 0 Å². The van der Waals surface area contributed by atoms with Gasteiger partial charge in [-0.1, -0.05) is 59.8 Å². The quantitative estimate of drug-likeness (QED) is 0.588. The van der Waals surface area contributed by atoms with Gasteiger partial charge >= 0.3 is 0 Å². The fourth-order valence-electron chi connectivity index (χ4n) is 3.00. The molecule has 3 aromatic carbocycles. The van der Waals surface area contributed by atoms with Gasteiger partial charge in [-0.05, 0) is 48.5 Å². The summed E-state index contributed by atoms with van der Waals surface area (Å²) in [5, 5.41) is 3.33. The number of amides is 2. The summed E-state index contributed by atoms with van der Waals surface area (Å²) in [7, 11) is 0. The maximum atomic E-state index is 13.0. The summed E-state index contributed by atoms with van der Waals surface area (Å²) in [6.45, 7) is 0. The number of amidine groups is 1.